The van der Waals surface area contributed by atoms with Crippen LogP contribution in [0.1, 0.15) is 17.9 Å². The van der Waals surface area contributed by atoms with Gasteiger partial charge in [0.25, 0.3) is 0 Å². The summed E-state index contributed by atoms with van der Waals surface area (Å²) in [6, 6.07) is 69.8. The second kappa shape index (κ2) is 14.9. The van der Waals surface area contributed by atoms with Gasteiger partial charge in [-0.2, -0.15) is 9.97 Å². The third-order valence-electron chi connectivity index (χ3n) is 14.7. The maximum atomic E-state index is 6.23. The second-order valence-electron chi connectivity index (χ2n) is 18.6. The Morgan fingerprint density at radius 1 is 0.451 bits per heavy atom. The molecular formula is C63H37N5OS2. The van der Waals surface area contributed by atoms with E-state index in [0.717, 1.165) is 56.0 Å². The molecule has 1 aliphatic rings. The van der Waals surface area contributed by atoms with Gasteiger partial charge in [0.1, 0.15) is 11.2 Å². The highest BCUT2D eigenvalue weighted by atomic mass is 32.1. The first-order valence-electron chi connectivity index (χ1n) is 24.0. The van der Waals surface area contributed by atoms with Crippen LogP contribution in [0.25, 0.3) is 142 Å². The van der Waals surface area contributed by atoms with E-state index in [-0.39, 0.29) is 5.92 Å². The van der Waals surface area contributed by atoms with Crippen molar-refractivity contribution in [1.29, 1.82) is 0 Å². The van der Waals surface area contributed by atoms with E-state index in [2.05, 4.69) is 203 Å². The summed E-state index contributed by atoms with van der Waals surface area (Å²) in [5, 5.41) is 13.0. The summed E-state index contributed by atoms with van der Waals surface area (Å²) < 4.78 is 15.8. The molecule has 71 heavy (non-hydrogen) atoms. The van der Waals surface area contributed by atoms with Crippen LogP contribution in [0.15, 0.2) is 199 Å². The Bertz CT molecular complexity index is 4890. The number of furan rings is 1. The quantitative estimate of drug-likeness (QED) is 0.172. The molecule has 1 atom stereocenters. The Kier molecular flexibility index (Phi) is 8.23. The zero-order chi connectivity index (χ0) is 46.3. The maximum absolute atomic E-state index is 6.23. The molecule has 0 fully saturated rings. The molecule has 332 valence electrons. The van der Waals surface area contributed by atoms with Crippen molar-refractivity contribution in [2.45, 2.75) is 12.3 Å². The van der Waals surface area contributed by atoms with Crippen LogP contribution in [0.4, 0.5) is 0 Å². The van der Waals surface area contributed by atoms with Crippen molar-refractivity contribution in [3.63, 3.8) is 0 Å². The average molecular weight is 944 g/mol. The lowest BCUT2D eigenvalue weighted by molar-refractivity contribution is 0.669. The van der Waals surface area contributed by atoms with E-state index in [9.17, 15) is 0 Å². The highest BCUT2D eigenvalue weighted by Crippen LogP contribution is 2.43. The molecule has 0 amide bonds. The fraction of sp³-hybridized carbons (Fsp3) is 0.0317. The molecule has 9 aromatic carbocycles. The fourth-order valence-electron chi connectivity index (χ4n) is 11.6. The van der Waals surface area contributed by atoms with Gasteiger partial charge in [0.2, 0.25) is 5.95 Å². The predicted molar refractivity (Wildman–Crippen MR) is 297 cm³/mol. The molecule has 6 aromatic heterocycles. The number of fused-ring (bicyclic) bond motifs is 15. The standard InChI is InChI=1S/C63H37N5OS2/c1-6-21-50-39(13-1)47-33-36(27-30-52(47)67(50)38-29-32-55-49(35-38)41-15-3-8-23-54(41)69-55)37-28-31-53-48(34-37)40-14-2-7-22-51(40)68(53)63-65-61(45-19-12-26-58-59(45)44-17-5-10-25-57(44)70-58)64-62(66-63)46-20-11-18-43-42-16-4-9-24-56(42)71-60(43)46/h1-27,29-35,37H,28H2. The Balaban J connectivity index is 0.883. The summed E-state index contributed by atoms with van der Waals surface area (Å²) >= 11 is 3.61. The van der Waals surface area contributed by atoms with Crippen molar-refractivity contribution < 1.29 is 4.42 Å². The lowest BCUT2D eigenvalue weighted by Crippen LogP contribution is -2.32. The average Bonchev–Trinajstić information content (AvgIpc) is 4.25. The third kappa shape index (κ3) is 5.77. The van der Waals surface area contributed by atoms with Crippen LogP contribution in [0.2, 0.25) is 0 Å². The van der Waals surface area contributed by atoms with Crippen molar-refractivity contribution in [1.82, 2.24) is 24.1 Å². The van der Waals surface area contributed by atoms with Gasteiger partial charge in [-0.15, -0.1) is 22.7 Å². The van der Waals surface area contributed by atoms with Gasteiger partial charge in [-0.1, -0.05) is 133 Å². The number of benzene rings is 9. The van der Waals surface area contributed by atoms with E-state index in [1.165, 1.54) is 78.3 Å². The van der Waals surface area contributed by atoms with E-state index in [0.29, 0.717) is 17.6 Å². The molecule has 0 radical (unpaired) electrons. The van der Waals surface area contributed by atoms with E-state index >= 15 is 0 Å². The topological polar surface area (TPSA) is 61.7 Å². The lowest BCUT2D eigenvalue weighted by atomic mass is 9.90. The van der Waals surface area contributed by atoms with Gasteiger partial charge in [0.05, 0.1) is 21.9 Å². The molecule has 0 saturated heterocycles. The lowest BCUT2D eigenvalue weighted by Gasteiger charge is -2.16. The summed E-state index contributed by atoms with van der Waals surface area (Å²) in [7, 11) is 0. The van der Waals surface area contributed by atoms with E-state index in [1.807, 2.05) is 23.5 Å². The first kappa shape index (κ1) is 39.2. The third-order valence-corrected chi connectivity index (χ3v) is 17.1. The number of hydrogen-bond acceptors (Lipinski definition) is 6. The molecule has 0 N–H and O–H groups in total. The molecule has 0 aliphatic heterocycles. The van der Waals surface area contributed by atoms with Crippen molar-refractivity contribution in [2.24, 2.45) is 0 Å². The van der Waals surface area contributed by atoms with Gasteiger partial charge < -0.3 is 8.98 Å². The van der Waals surface area contributed by atoms with Gasteiger partial charge >= 0.3 is 0 Å². The Hall–Kier alpha value is -8.69. The predicted octanol–water partition coefficient (Wildman–Crippen LogP) is 15.6. The molecule has 8 heteroatoms. The number of thiophene rings is 2. The van der Waals surface area contributed by atoms with Gasteiger partial charge in [0, 0.05) is 95.2 Å². The molecule has 15 aromatic rings. The number of aromatic nitrogens is 5. The molecular weight excluding hydrogens is 907 g/mol. The van der Waals surface area contributed by atoms with Crippen LogP contribution >= 0.6 is 22.7 Å². The molecule has 1 aliphatic carbocycles. The highest BCUT2D eigenvalue weighted by Gasteiger charge is 2.24. The monoisotopic (exact) mass is 943 g/mol. The van der Waals surface area contributed by atoms with Crippen molar-refractivity contribution in [3.05, 3.63) is 210 Å². The van der Waals surface area contributed by atoms with Crippen molar-refractivity contribution in [2.75, 3.05) is 0 Å². The molecule has 0 saturated carbocycles. The Labute approximate surface area is 412 Å². The van der Waals surface area contributed by atoms with Gasteiger partial charge in [-0.3, -0.25) is 4.57 Å². The summed E-state index contributed by atoms with van der Waals surface area (Å²) in [5.74, 6) is 2.08. The van der Waals surface area contributed by atoms with E-state index in [1.54, 1.807) is 11.3 Å². The number of para-hydroxylation sites is 3. The van der Waals surface area contributed by atoms with E-state index in [4.69, 9.17) is 19.4 Å². The molecule has 16 rings (SSSR count). The summed E-state index contributed by atoms with van der Waals surface area (Å²) in [5.41, 5.74) is 9.63. The summed E-state index contributed by atoms with van der Waals surface area (Å²) in [6.07, 6.45) is 5.70. The van der Waals surface area contributed by atoms with Gasteiger partial charge in [0.15, 0.2) is 11.6 Å². The SMILES string of the molecule is C1=c2c(n(-c3nc(-c4cccc5c4sc4ccccc45)nc(-c4cccc5sc6ccccc6c45)n3)c3ccccc23)=CCC1c1ccc2c(c1)c1ccccc1n2-c1ccc2oc3ccccc3c2c1. The van der Waals surface area contributed by atoms with Crippen LogP contribution < -0.4 is 10.6 Å². The minimum Gasteiger partial charge on any atom is -0.456 e. The number of nitrogens with zero attached hydrogens (tertiary/aromatic N) is 5. The van der Waals surface area contributed by atoms with Crippen molar-refractivity contribution in [3.8, 4) is 34.4 Å². The fourth-order valence-corrected chi connectivity index (χ4v) is 13.9. The zero-order valence-corrected chi connectivity index (χ0v) is 39.5. The minimum absolute atomic E-state index is 0.154. The maximum Gasteiger partial charge on any atom is 0.238 e. The smallest absolute Gasteiger partial charge is 0.238 e. The summed E-state index contributed by atoms with van der Waals surface area (Å²) in [6.45, 7) is 0. The summed E-state index contributed by atoms with van der Waals surface area (Å²) in [4.78, 5) is 16.4. The first-order valence-corrected chi connectivity index (χ1v) is 25.7. The minimum atomic E-state index is 0.154. The van der Waals surface area contributed by atoms with Crippen LogP contribution in [0, 0.1) is 0 Å². The molecule has 6 nitrogen and oxygen atoms in total. The largest absolute Gasteiger partial charge is 0.456 e. The van der Waals surface area contributed by atoms with Crippen LogP contribution in [0.5, 0.6) is 0 Å². The molecule has 0 spiro atoms. The van der Waals surface area contributed by atoms with Crippen LogP contribution in [-0.4, -0.2) is 24.1 Å². The Morgan fingerprint density at radius 3 is 1.97 bits per heavy atom. The number of hydrogen-bond donors (Lipinski definition) is 0. The van der Waals surface area contributed by atoms with Gasteiger partial charge in [-0.25, -0.2) is 4.98 Å². The Morgan fingerprint density at radius 2 is 1.10 bits per heavy atom. The van der Waals surface area contributed by atoms with Crippen LogP contribution in [0.3, 0.4) is 0 Å². The number of rotatable bonds is 5. The normalized spacial score (nSPS) is 13.9. The van der Waals surface area contributed by atoms with Crippen molar-refractivity contribution >= 4 is 130 Å². The van der Waals surface area contributed by atoms with Gasteiger partial charge in [-0.05, 0) is 84.8 Å². The molecule has 0 bridgehead atoms. The molecule has 6 heterocycles. The second-order valence-corrected chi connectivity index (χ2v) is 20.7. The van der Waals surface area contributed by atoms with E-state index < -0.39 is 0 Å². The van der Waals surface area contributed by atoms with Crippen LogP contribution in [-0.2, 0) is 0 Å². The zero-order valence-electron chi connectivity index (χ0n) is 37.9. The first-order chi connectivity index (χ1) is 35.2. The highest BCUT2D eigenvalue weighted by molar-refractivity contribution is 7.26. The molecule has 1 unspecified atom stereocenters.